The highest BCUT2D eigenvalue weighted by molar-refractivity contribution is 7.89. The number of aromatic hydroxyl groups is 1. The predicted molar refractivity (Wildman–Crippen MR) is 104 cm³/mol. The van der Waals surface area contributed by atoms with Crippen LogP contribution in [-0.2, 0) is 19.6 Å². The molecule has 0 aliphatic carbocycles. The number of nitrogens with zero attached hydrogens (tertiary/aromatic N) is 2. The topological polar surface area (TPSA) is 104 Å². The van der Waals surface area contributed by atoms with E-state index < -0.39 is 28.3 Å². The number of carbonyl (C=O) groups excluding carboxylic acids is 2. The molecule has 1 saturated heterocycles. The van der Waals surface area contributed by atoms with Crippen molar-refractivity contribution in [2.75, 3.05) is 32.8 Å². The zero-order valence-corrected chi connectivity index (χ0v) is 17.2. The lowest BCUT2D eigenvalue weighted by molar-refractivity contribution is -0.134. The normalized spacial score (nSPS) is 15.3. The lowest BCUT2D eigenvalue weighted by Crippen LogP contribution is -2.35. The number of carbonyl (C=O) groups is 2. The summed E-state index contributed by atoms with van der Waals surface area (Å²) in [6, 6.07) is 3.47. The number of esters is 1. The van der Waals surface area contributed by atoms with Gasteiger partial charge in [-0.1, -0.05) is 26.7 Å². The number of sulfonamides is 1. The third kappa shape index (κ3) is 5.23. The van der Waals surface area contributed by atoms with Gasteiger partial charge in [0, 0.05) is 26.2 Å². The van der Waals surface area contributed by atoms with Crippen molar-refractivity contribution >= 4 is 21.9 Å². The molecule has 156 valence electrons. The molecule has 0 saturated carbocycles. The molecule has 1 aromatic rings. The summed E-state index contributed by atoms with van der Waals surface area (Å²) >= 11 is 0. The average molecular weight is 413 g/mol. The van der Waals surface area contributed by atoms with E-state index in [4.69, 9.17) is 4.74 Å². The van der Waals surface area contributed by atoms with E-state index in [1.54, 1.807) is 18.7 Å². The van der Waals surface area contributed by atoms with Crippen molar-refractivity contribution in [2.24, 2.45) is 0 Å². The Hall–Kier alpha value is -2.13. The predicted octanol–water partition coefficient (Wildman–Crippen LogP) is 1.98. The Morgan fingerprint density at radius 2 is 1.71 bits per heavy atom. The molecule has 0 spiro atoms. The van der Waals surface area contributed by atoms with Gasteiger partial charge in [0.25, 0.3) is 5.91 Å². The largest absolute Gasteiger partial charge is 0.507 e. The Balaban J connectivity index is 2.11. The van der Waals surface area contributed by atoms with Gasteiger partial charge in [-0.15, -0.1) is 0 Å². The van der Waals surface area contributed by atoms with Gasteiger partial charge in [-0.05, 0) is 31.0 Å². The molecule has 1 amide bonds. The molecule has 1 aromatic carbocycles. The fourth-order valence-corrected chi connectivity index (χ4v) is 4.65. The summed E-state index contributed by atoms with van der Waals surface area (Å²) in [7, 11) is -3.79. The molecule has 1 fully saturated rings. The number of hydrogen-bond acceptors (Lipinski definition) is 6. The van der Waals surface area contributed by atoms with Crippen LogP contribution in [0.1, 0.15) is 49.9 Å². The molecule has 28 heavy (non-hydrogen) atoms. The number of phenols is 1. The number of benzene rings is 1. The van der Waals surface area contributed by atoms with Crippen LogP contribution < -0.4 is 0 Å². The number of amides is 1. The molecule has 1 aliphatic heterocycles. The van der Waals surface area contributed by atoms with E-state index in [2.05, 4.69) is 0 Å². The fourth-order valence-electron chi connectivity index (χ4n) is 3.17. The van der Waals surface area contributed by atoms with Crippen molar-refractivity contribution in [3.63, 3.8) is 0 Å². The second-order valence-corrected chi connectivity index (χ2v) is 8.58. The van der Waals surface area contributed by atoms with Crippen LogP contribution >= 0.6 is 0 Å². The molecule has 0 radical (unpaired) electrons. The third-order valence-corrected chi connectivity index (χ3v) is 6.86. The third-order valence-electron chi connectivity index (χ3n) is 4.82. The standard InChI is InChI=1S/C19H28N2O6S/c1-3-21(4-2)28(25,26)15-9-10-17(22)16(13-15)19(24)27-14-18(23)20-11-7-5-6-8-12-20/h9-10,13,22H,3-8,11-12,14H2,1-2H3. The van der Waals surface area contributed by atoms with E-state index in [0.717, 1.165) is 37.8 Å². The highest BCUT2D eigenvalue weighted by Gasteiger charge is 2.25. The highest BCUT2D eigenvalue weighted by atomic mass is 32.2. The van der Waals surface area contributed by atoms with Crippen molar-refractivity contribution < 1.29 is 27.9 Å². The van der Waals surface area contributed by atoms with E-state index in [-0.39, 0.29) is 29.5 Å². The van der Waals surface area contributed by atoms with Gasteiger partial charge in [0.1, 0.15) is 11.3 Å². The van der Waals surface area contributed by atoms with Crippen LogP contribution in [0.2, 0.25) is 0 Å². The quantitative estimate of drug-likeness (QED) is 0.687. The summed E-state index contributed by atoms with van der Waals surface area (Å²) in [5.41, 5.74) is -0.281. The molecule has 8 nitrogen and oxygen atoms in total. The number of hydrogen-bond donors (Lipinski definition) is 1. The Labute approximate surface area is 166 Å². The van der Waals surface area contributed by atoms with Gasteiger partial charge < -0.3 is 14.7 Å². The van der Waals surface area contributed by atoms with Crippen molar-refractivity contribution in [1.29, 1.82) is 0 Å². The van der Waals surface area contributed by atoms with Gasteiger partial charge in [-0.25, -0.2) is 13.2 Å². The zero-order valence-electron chi connectivity index (χ0n) is 16.4. The number of ether oxygens (including phenoxy) is 1. The van der Waals surface area contributed by atoms with E-state index in [0.29, 0.717) is 13.1 Å². The van der Waals surface area contributed by atoms with Crippen molar-refractivity contribution in [2.45, 2.75) is 44.4 Å². The van der Waals surface area contributed by atoms with E-state index in [1.807, 2.05) is 0 Å². The summed E-state index contributed by atoms with van der Waals surface area (Å²) in [5, 5.41) is 9.97. The lowest BCUT2D eigenvalue weighted by atomic mass is 10.2. The lowest BCUT2D eigenvalue weighted by Gasteiger charge is -2.20. The van der Waals surface area contributed by atoms with Crippen molar-refractivity contribution in [1.82, 2.24) is 9.21 Å². The van der Waals surface area contributed by atoms with Crippen LogP contribution in [-0.4, -0.2) is 67.4 Å². The molecule has 0 aromatic heterocycles. The molecular formula is C19H28N2O6S. The van der Waals surface area contributed by atoms with E-state index in [1.165, 1.54) is 10.4 Å². The molecule has 2 rings (SSSR count). The van der Waals surface area contributed by atoms with Crippen LogP contribution in [0.4, 0.5) is 0 Å². The van der Waals surface area contributed by atoms with E-state index >= 15 is 0 Å². The SMILES string of the molecule is CCN(CC)S(=O)(=O)c1ccc(O)c(C(=O)OCC(=O)N2CCCCCC2)c1. The van der Waals surface area contributed by atoms with Crippen LogP contribution in [0.25, 0.3) is 0 Å². The average Bonchev–Trinajstić information content (AvgIpc) is 2.96. The molecule has 1 aliphatic rings. The monoisotopic (exact) mass is 412 g/mol. The molecule has 9 heteroatoms. The number of rotatable bonds is 7. The second kappa shape index (κ2) is 9.88. The first-order valence-corrected chi connectivity index (χ1v) is 11.0. The molecule has 0 bridgehead atoms. The minimum absolute atomic E-state index is 0.111. The smallest absolute Gasteiger partial charge is 0.342 e. The molecule has 1 heterocycles. The van der Waals surface area contributed by atoms with E-state index in [9.17, 15) is 23.1 Å². The van der Waals surface area contributed by atoms with Crippen LogP contribution in [0.15, 0.2) is 23.1 Å². The van der Waals surface area contributed by atoms with Gasteiger partial charge in [0.15, 0.2) is 6.61 Å². The van der Waals surface area contributed by atoms with Crippen molar-refractivity contribution in [3.05, 3.63) is 23.8 Å². The van der Waals surface area contributed by atoms with Gasteiger partial charge in [-0.3, -0.25) is 4.79 Å². The Morgan fingerprint density at radius 1 is 1.11 bits per heavy atom. The van der Waals surface area contributed by atoms with Crippen LogP contribution in [0, 0.1) is 0 Å². The molecule has 1 N–H and O–H groups in total. The van der Waals surface area contributed by atoms with Gasteiger partial charge in [-0.2, -0.15) is 4.31 Å². The van der Waals surface area contributed by atoms with Crippen molar-refractivity contribution in [3.8, 4) is 5.75 Å². The van der Waals surface area contributed by atoms with Gasteiger partial charge in [0.05, 0.1) is 4.90 Å². The Kier molecular flexibility index (Phi) is 7.82. The van der Waals surface area contributed by atoms with Gasteiger partial charge in [0.2, 0.25) is 10.0 Å². The summed E-state index contributed by atoms with van der Waals surface area (Å²) in [6.07, 6.45) is 3.99. The first kappa shape index (κ1) is 22.2. The maximum atomic E-state index is 12.6. The minimum atomic E-state index is -3.79. The fraction of sp³-hybridized carbons (Fsp3) is 0.579. The maximum Gasteiger partial charge on any atom is 0.342 e. The maximum absolute atomic E-state index is 12.6. The molecule has 0 unspecified atom stereocenters. The Morgan fingerprint density at radius 3 is 2.29 bits per heavy atom. The number of phenolic OH excluding ortho intramolecular Hbond substituents is 1. The first-order chi connectivity index (χ1) is 13.3. The second-order valence-electron chi connectivity index (χ2n) is 6.64. The summed E-state index contributed by atoms with van der Waals surface area (Å²) < 4.78 is 31.5. The number of likely N-dealkylation sites (tertiary alicyclic amines) is 1. The van der Waals surface area contributed by atoms with Crippen LogP contribution in [0.3, 0.4) is 0 Å². The minimum Gasteiger partial charge on any atom is -0.507 e. The summed E-state index contributed by atoms with van der Waals surface area (Å²) in [6.45, 7) is 4.83. The zero-order chi connectivity index (χ0) is 20.7. The van der Waals surface area contributed by atoms with Gasteiger partial charge >= 0.3 is 5.97 Å². The summed E-state index contributed by atoms with van der Waals surface area (Å²) in [4.78, 5) is 26.2. The highest BCUT2D eigenvalue weighted by Crippen LogP contribution is 2.24. The molecule has 0 atom stereocenters. The Bertz CT molecular complexity index is 797. The molecular weight excluding hydrogens is 384 g/mol. The summed E-state index contributed by atoms with van der Waals surface area (Å²) in [5.74, 6) is -1.62. The first-order valence-electron chi connectivity index (χ1n) is 9.59. The van der Waals surface area contributed by atoms with Crippen LogP contribution in [0.5, 0.6) is 5.75 Å².